The van der Waals surface area contributed by atoms with Gasteiger partial charge in [-0.25, -0.2) is 0 Å². The summed E-state index contributed by atoms with van der Waals surface area (Å²) in [6.07, 6.45) is 2.59. The third kappa shape index (κ3) is 3.11. The summed E-state index contributed by atoms with van der Waals surface area (Å²) in [4.78, 5) is 0. The normalized spacial score (nSPS) is 19.5. The summed E-state index contributed by atoms with van der Waals surface area (Å²) in [7, 11) is 1.55. The van der Waals surface area contributed by atoms with Crippen LogP contribution < -0.4 is 10.1 Å². The molecule has 1 aromatic carbocycles. The van der Waals surface area contributed by atoms with Crippen LogP contribution in [0.3, 0.4) is 0 Å². The molecule has 2 rings (SSSR count). The summed E-state index contributed by atoms with van der Waals surface area (Å²) in [5.74, 6) is 0.733. The molecule has 0 aromatic heterocycles. The molecule has 94 valence electrons. The van der Waals surface area contributed by atoms with Gasteiger partial charge in [-0.2, -0.15) is 0 Å². The van der Waals surface area contributed by atoms with E-state index in [0.717, 1.165) is 31.6 Å². The predicted molar refractivity (Wildman–Crippen MR) is 65.3 cm³/mol. The van der Waals surface area contributed by atoms with Crippen molar-refractivity contribution >= 4 is 0 Å². The number of hydrogen-bond donors (Lipinski definition) is 2. The van der Waals surface area contributed by atoms with Crippen molar-refractivity contribution in [3.8, 4) is 11.5 Å². The van der Waals surface area contributed by atoms with Gasteiger partial charge in [0.15, 0.2) is 11.5 Å². The Labute approximate surface area is 102 Å². The average Bonchev–Trinajstić information content (AvgIpc) is 2.84. The van der Waals surface area contributed by atoms with Crippen molar-refractivity contribution in [3.63, 3.8) is 0 Å². The van der Waals surface area contributed by atoms with Gasteiger partial charge in [-0.3, -0.25) is 0 Å². The van der Waals surface area contributed by atoms with Crippen LogP contribution in [0.5, 0.6) is 11.5 Å². The Morgan fingerprint density at radius 2 is 2.41 bits per heavy atom. The summed E-state index contributed by atoms with van der Waals surface area (Å²) in [6.45, 7) is 2.33. The zero-order chi connectivity index (χ0) is 12.1. The first-order valence-electron chi connectivity index (χ1n) is 5.98. The maximum Gasteiger partial charge on any atom is 0.162 e. The second kappa shape index (κ2) is 5.89. The number of methoxy groups -OCH3 is 1. The highest BCUT2D eigenvalue weighted by Gasteiger charge is 2.15. The molecule has 2 N–H and O–H groups in total. The number of aromatic hydroxyl groups is 1. The summed E-state index contributed by atoms with van der Waals surface area (Å²) in [6, 6.07) is 5.51. The average molecular weight is 237 g/mol. The van der Waals surface area contributed by atoms with Gasteiger partial charge < -0.3 is 19.9 Å². The van der Waals surface area contributed by atoms with Crippen LogP contribution in [-0.4, -0.2) is 31.5 Å². The van der Waals surface area contributed by atoms with E-state index in [0.29, 0.717) is 18.4 Å². The van der Waals surface area contributed by atoms with Gasteiger partial charge in [-0.1, -0.05) is 12.1 Å². The second-order valence-corrected chi connectivity index (χ2v) is 4.23. The largest absolute Gasteiger partial charge is 0.504 e. The number of para-hydroxylation sites is 1. The zero-order valence-corrected chi connectivity index (χ0v) is 10.1. The van der Waals surface area contributed by atoms with Gasteiger partial charge in [0.05, 0.1) is 13.2 Å². The Hall–Kier alpha value is -1.26. The smallest absolute Gasteiger partial charge is 0.162 e. The highest BCUT2D eigenvalue weighted by atomic mass is 16.5. The van der Waals surface area contributed by atoms with E-state index in [-0.39, 0.29) is 5.75 Å². The lowest BCUT2D eigenvalue weighted by Gasteiger charge is -2.12. The molecule has 4 nitrogen and oxygen atoms in total. The Kier molecular flexibility index (Phi) is 4.23. The lowest BCUT2D eigenvalue weighted by atomic mass is 10.1. The number of ether oxygens (including phenoxy) is 2. The van der Waals surface area contributed by atoms with Gasteiger partial charge in [0, 0.05) is 25.3 Å². The van der Waals surface area contributed by atoms with Crippen LogP contribution in [0.4, 0.5) is 0 Å². The fraction of sp³-hybridized carbons (Fsp3) is 0.538. The van der Waals surface area contributed by atoms with Crippen molar-refractivity contribution in [1.82, 2.24) is 5.32 Å². The van der Waals surface area contributed by atoms with E-state index in [1.54, 1.807) is 13.2 Å². The van der Waals surface area contributed by atoms with Crippen molar-refractivity contribution < 1.29 is 14.6 Å². The zero-order valence-electron chi connectivity index (χ0n) is 10.1. The number of phenolic OH excluding ortho intramolecular Hbond substituents is 1. The number of hydrogen-bond acceptors (Lipinski definition) is 4. The molecule has 0 saturated carbocycles. The van der Waals surface area contributed by atoms with Gasteiger partial charge in [-0.05, 0) is 18.9 Å². The van der Waals surface area contributed by atoms with E-state index >= 15 is 0 Å². The lowest BCUT2D eigenvalue weighted by molar-refractivity contribution is 0.110. The molecule has 1 fully saturated rings. The third-order valence-corrected chi connectivity index (χ3v) is 3.01. The molecule has 0 aliphatic carbocycles. The highest BCUT2D eigenvalue weighted by Crippen LogP contribution is 2.29. The topological polar surface area (TPSA) is 50.7 Å². The van der Waals surface area contributed by atoms with Crippen LogP contribution in [-0.2, 0) is 11.3 Å². The van der Waals surface area contributed by atoms with Gasteiger partial charge in [0.25, 0.3) is 0 Å². The van der Waals surface area contributed by atoms with E-state index < -0.39 is 0 Å². The first kappa shape index (κ1) is 12.2. The Morgan fingerprint density at radius 3 is 3.12 bits per heavy atom. The van der Waals surface area contributed by atoms with E-state index in [4.69, 9.17) is 9.47 Å². The summed E-state index contributed by atoms with van der Waals surface area (Å²) in [5.41, 5.74) is 0.849. The number of benzene rings is 1. The number of rotatable bonds is 5. The van der Waals surface area contributed by atoms with Crippen LogP contribution in [0, 0.1) is 0 Å². The molecule has 1 aromatic rings. The van der Waals surface area contributed by atoms with E-state index in [1.807, 2.05) is 12.1 Å². The molecular formula is C13H19NO3. The van der Waals surface area contributed by atoms with Crippen molar-refractivity contribution in [3.05, 3.63) is 23.8 Å². The lowest BCUT2D eigenvalue weighted by Crippen LogP contribution is -2.25. The number of phenols is 1. The second-order valence-electron chi connectivity index (χ2n) is 4.23. The van der Waals surface area contributed by atoms with E-state index in [9.17, 15) is 5.11 Å². The Balaban J connectivity index is 1.85. The van der Waals surface area contributed by atoms with Crippen molar-refractivity contribution in [2.45, 2.75) is 25.5 Å². The third-order valence-electron chi connectivity index (χ3n) is 3.01. The van der Waals surface area contributed by atoms with Crippen LogP contribution in [0.25, 0.3) is 0 Å². The van der Waals surface area contributed by atoms with Crippen molar-refractivity contribution in [2.24, 2.45) is 0 Å². The molecular weight excluding hydrogens is 218 g/mol. The van der Waals surface area contributed by atoms with Gasteiger partial charge in [-0.15, -0.1) is 0 Å². The molecule has 1 aliphatic rings. The quantitative estimate of drug-likeness (QED) is 0.818. The van der Waals surface area contributed by atoms with E-state index in [2.05, 4.69) is 5.32 Å². The molecule has 0 unspecified atom stereocenters. The molecule has 1 heterocycles. The van der Waals surface area contributed by atoms with E-state index in [1.165, 1.54) is 0 Å². The maximum absolute atomic E-state index is 9.88. The van der Waals surface area contributed by atoms with Crippen LogP contribution in [0.1, 0.15) is 18.4 Å². The maximum atomic E-state index is 9.88. The minimum atomic E-state index is 0.217. The minimum absolute atomic E-state index is 0.217. The van der Waals surface area contributed by atoms with Crippen molar-refractivity contribution in [2.75, 3.05) is 20.3 Å². The highest BCUT2D eigenvalue weighted by molar-refractivity contribution is 5.45. The van der Waals surface area contributed by atoms with Crippen molar-refractivity contribution in [1.29, 1.82) is 0 Å². The standard InChI is InChI=1S/C13H19NO3/c1-16-12-6-2-4-10(13(12)15)8-14-9-11-5-3-7-17-11/h2,4,6,11,14-15H,3,5,7-9H2,1H3/t11-/m0/s1. The van der Waals surface area contributed by atoms with Crippen LogP contribution >= 0.6 is 0 Å². The summed E-state index contributed by atoms with van der Waals surface area (Å²) in [5, 5.41) is 13.2. The fourth-order valence-corrected chi connectivity index (χ4v) is 2.05. The molecule has 0 spiro atoms. The molecule has 1 saturated heterocycles. The molecule has 4 heteroatoms. The number of nitrogens with one attached hydrogen (secondary N) is 1. The van der Waals surface area contributed by atoms with Crippen LogP contribution in [0.15, 0.2) is 18.2 Å². The molecule has 0 amide bonds. The molecule has 1 atom stereocenters. The fourth-order valence-electron chi connectivity index (χ4n) is 2.05. The molecule has 0 radical (unpaired) electrons. The monoisotopic (exact) mass is 237 g/mol. The van der Waals surface area contributed by atoms with Gasteiger partial charge in [0.1, 0.15) is 0 Å². The molecule has 1 aliphatic heterocycles. The SMILES string of the molecule is COc1cccc(CNC[C@@H]2CCCO2)c1O. The predicted octanol–water partition coefficient (Wildman–Crippen LogP) is 1.67. The first-order valence-corrected chi connectivity index (χ1v) is 5.98. The van der Waals surface area contributed by atoms with Gasteiger partial charge >= 0.3 is 0 Å². The Bertz CT molecular complexity index is 362. The Morgan fingerprint density at radius 1 is 1.53 bits per heavy atom. The molecule has 17 heavy (non-hydrogen) atoms. The van der Waals surface area contributed by atoms with Gasteiger partial charge in [0.2, 0.25) is 0 Å². The molecule has 0 bridgehead atoms. The summed E-state index contributed by atoms with van der Waals surface area (Å²) >= 11 is 0. The first-order chi connectivity index (χ1) is 8.31. The van der Waals surface area contributed by atoms with Crippen LogP contribution in [0.2, 0.25) is 0 Å². The summed E-state index contributed by atoms with van der Waals surface area (Å²) < 4.78 is 10.6. The minimum Gasteiger partial charge on any atom is -0.504 e.